The van der Waals surface area contributed by atoms with Gasteiger partial charge in [0.2, 0.25) is 0 Å². The van der Waals surface area contributed by atoms with Crippen LogP contribution >= 0.6 is 0 Å². The number of benzene rings is 1. The van der Waals surface area contributed by atoms with Crippen LogP contribution in [0, 0.1) is 0 Å². The molecule has 58 valence electrons. The van der Waals surface area contributed by atoms with Crippen molar-refractivity contribution in [2.24, 2.45) is 0 Å². The maximum Gasteiger partial charge on any atom is 0.122 e. The van der Waals surface area contributed by atoms with E-state index in [2.05, 4.69) is 38.0 Å². The molecule has 1 heteroatoms. The van der Waals surface area contributed by atoms with Gasteiger partial charge in [-0.3, -0.25) is 0 Å². The minimum Gasteiger partial charge on any atom is -0.0891 e. The van der Waals surface area contributed by atoms with Crippen LogP contribution in [0.4, 0.5) is 0 Å². The van der Waals surface area contributed by atoms with E-state index in [-0.39, 0.29) is 0 Å². The molecule has 1 aromatic rings. The van der Waals surface area contributed by atoms with Gasteiger partial charge >= 0.3 is 0 Å². The highest BCUT2D eigenvalue weighted by Crippen LogP contribution is 2.08. The van der Waals surface area contributed by atoms with Crippen LogP contribution in [-0.4, -0.2) is 7.28 Å². The summed E-state index contributed by atoms with van der Waals surface area (Å²) in [6.07, 6.45) is 2.39. The van der Waals surface area contributed by atoms with Gasteiger partial charge in [-0.15, -0.1) is 0 Å². The first-order chi connectivity index (χ1) is 5.38. The highest BCUT2D eigenvalue weighted by molar-refractivity contribution is 6.32. The van der Waals surface area contributed by atoms with Crippen molar-refractivity contribution < 1.29 is 0 Å². The molecule has 0 aliphatic heterocycles. The molecule has 0 aliphatic rings. The minimum atomic E-state index is 1.16. The van der Waals surface area contributed by atoms with Gasteiger partial charge in [0.15, 0.2) is 0 Å². The number of aryl methyl sites for hydroxylation is 1. The third-order valence-corrected chi connectivity index (χ3v) is 2.02. The summed E-state index contributed by atoms with van der Waals surface area (Å²) in [7, 11) is 1.25. The first kappa shape index (κ1) is 8.38. The molecule has 0 saturated heterocycles. The lowest BCUT2D eigenvalue weighted by atomic mass is 9.74. The first-order valence-electron chi connectivity index (χ1n) is 4.45. The standard InChI is InChI=1S/C10H15B/c1-3-9-6-4-5-7-10(9)8-11-2/h4-7,11H,3,8H2,1-2H3. The summed E-state index contributed by atoms with van der Waals surface area (Å²) in [5, 5.41) is 0. The van der Waals surface area contributed by atoms with E-state index in [9.17, 15) is 0 Å². The molecule has 11 heavy (non-hydrogen) atoms. The van der Waals surface area contributed by atoms with Crippen molar-refractivity contribution in [3.63, 3.8) is 0 Å². The molecule has 0 atom stereocenters. The average Bonchev–Trinajstić information content (AvgIpc) is 2.06. The molecule has 0 aromatic heterocycles. The molecule has 0 bridgehead atoms. The van der Waals surface area contributed by atoms with Gasteiger partial charge in [-0.1, -0.05) is 49.9 Å². The lowest BCUT2D eigenvalue weighted by molar-refractivity contribution is 1.10. The normalized spacial score (nSPS) is 9.64. The van der Waals surface area contributed by atoms with Gasteiger partial charge in [0.25, 0.3) is 0 Å². The van der Waals surface area contributed by atoms with Crippen LogP contribution in [0.25, 0.3) is 0 Å². The van der Waals surface area contributed by atoms with E-state index < -0.39 is 0 Å². The van der Waals surface area contributed by atoms with Crippen molar-refractivity contribution in [2.75, 3.05) is 0 Å². The summed E-state index contributed by atoms with van der Waals surface area (Å²) in [6, 6.07) is 8.72. The second-order valence-corrected chi connectivity index (χ2v) is 2.87. The van der Waals surface area contributed by atoms with Crippen molar-refractivity contribution in [1.82, 2.24) is 0 Å². The van der Waals surface area contributed by atoms with Crippen LogP contribution in [-0.2, 0) is 12.7 Å². The minimum absolute atomic E-state index is 1.16. The first-order valence-corrected chi connectivity index (χ1v) is 4.45. The molecule has 0 amide bonds. The number of rotatable bonds is 3. The summed E-state index contributed by atoms with van der Waals surface area (Å²) in [5.41, 5.74) is 3.03. The SMILES string of the molecule is CBCc1ccccc1CC. The van der Waals surface area contributed by atoms with Crippen LogP contribution in [0.5, 0.6) is 0 Å². The average molecular weight is 146 g/mol. The lowest BCUT2D eigenvalue weighted by Crippen LogP contribution is -1.95. The Kier molecular flexibility index (Phi) is 3.22. The van der Waals surface area contributed by atoms with E-state index in [1.165, 1.54) is 24.7 Å². The van der Waals surface area contributed by atoms with Crippen LogP contribution in [0.2, 0.25) is 6.82 Å². The maximum absolute atomic E-state index is 2.24. The molecule has 0 fully saturated rings. The van der Waals surface area contributed by atoms with Crippen LogP contribution in [0.1, 0.15) is 18.1 Å². The highest BCUT2D eigenvalue weighted by atomic mass is 14.0. The zero-order valence-electron chi connectivity index (χ0n) is 7.43. The predicted octanol–water partition coefficient (Wildman–Crippen LogP) is 2.23. The molecule has 0 spiro atoms. The Morgan fingerprint density at radius 1 is 1.18 bits per heavy atom. The Balaban J connectivity index is 2.83. The van der Waals surface area contributed by atoms with Crippen molar-refractivity contribution >= 4 is 7.28 Å². The summed E-state index contributed by atoms with van der Waals surface area (Å²) < 4.78 is 0. The Morgan fingerprint density at radius 2 is 1.82 bits per heavy atom. The van der Waals surface area contributed by atoms with Crippen molar-refractivity contribution in [2.45, 2.75) is 26.5 Å². The second-order valence-electron chi connectivity index (χ2n) is 2.87. The van der Waals surface area contributed by atoms with E-state index in [0.717, 1.165) is 6.42 Å². The van der Waals surface area contributed by atoms with E-state index >= 15 is 0 Å². The Hall–Kier alpha value is -0.715. The Labute approximate surface area is 69.9 Å². The predicted molar refractivity (Wildman–Crippen MR) is 52.5 cm³/mol. The fourth-order valence-corrected chi connectivity index (χ4v) is 1.42. The fraction of sp³-hybridized carbons (Fsp3) is 0.400. The van der Waals surface area contributed by atoms with Crippen molar-refractivity contribution in [1.29, 1.82) is 0 Å². The molecular formula is C10H15B. The van der Waals surface area contributed by atoms with E-state index in [0.29, 0.717) is 0 Å². The maximum atomic E-state index is 2.24. The molecule has 0 aliphatic carbocycles. The van der Waals surface area contributed by atoms with Gasteiger partial charge < -0.3 is 0 Å². The van der Waals surface area contributed by atoms with Crippen LogP contribution in [0.15, 0.2) is 24.3 Å². The fourth-order valence-electron chi connectivity index (χ4n) is 1.42. The monoisotopic (exact) mass is 146 g/mol. The molecular weight excluding hydrogens is 131 g/mol. The van der Waals surface area contributed by atoms with Gasteiger partial charge in [-0.05, 0) is 12.0 Å². The van der Waals surface area contributed by atoms with Gasteiger partial charge in [-0.2, -0.15) is 0 Å². The third kappa shape index (κ3) is 2.11. The van der Waals surface area contributed by atoms with Gasteiger partial charge in [0, 0.05) is 0 Å². The zero-order valence-corrected chi connectivity index (χ0v) is 7.43. The zero-order chi connectivity index (χ0) is 8.10. The largest absolute Gasteiger partial charge is 0.122 e. The molecule has 0 nitrogen and oxygen atoms in total. The molecule has 0 saturated carbocycles. The third-order valence-electron chi connectivity index (χ3n) is 2.02. The Morgan fingerprint density at radius 3 is 2.36 bits per heavy atom. The van der Waals surface area contributed by atoms with Crippen molar-refractivity contribution in [3.8, 4) is 0 Å². The van der Waals surface area contributed by atoms with Crippen molar-refractivity contribution in [3.05, 3.63) is 35.4 Å². The van der Waals surface area contributed by atoms with E-state index in [4.69, 9.17) is 0 Å². The lowest BCUT2D eigenvalue weighted by Gasteiger charge is -2.04. The van der Waals surface area contributed by atoms with E-state index in [1.807, 2.05) is 0 Å². The van der Waals surface area contributed by atoms with Gasteiger partial charge in [-0.25, -0.2) is 0 Å². The molecule has 0 radical (unpaired) electrons. The molecule has 0 unspecified atom stereocenters. The topological polar surface area (TPSA) is 0 Å². The second kappa shape index (κ2) is 4.22. The highest BCUT2D eigenvalue weighted by Gasteiger charge is 1.96. The van der Waals surface area contributed by atoms with Gasteiger partial charge in [0.1, 0.15) is 7.28 Å². The molecule has 1 rings (SSSR count). The van der Waals surface area contributed by atoms with Crippen LogP contribution in [0.3, 0.4) is 0 Å². The van der Waals surface area contributed by atoms with E-state index in [1.54, 1.807) is 0 Å². The van der Waals surface area contributed by atoms with Crippen LogP contribution < -0.4 is 0 Å². The summed E-state index contributed by atoms with van der Waals surface area (Å²) >= 11 is 0. The number of hydrogen-bond donors (Lipinski definition) is 0. The summed E-state index contributed by atoms with van der Waals surface area (Å²) in [4.78, 5) is 0. The summed E-state index contributed by atoms with van der Waals surface area (Å²) in [5.74, 6) is 0. The Bertz CT molecular complexity index is 218. The molecule has 0 heterocycles. The quantitative estimate of drug-likeness (QED) is 0.573. The summed E-state index contributed by atoms with van der Waals surface area (Å²) in [6.45, 7) is 4.45. The molecule has 0 N–H and O–H groups in total. The number of hydrogen-bond acceptors (Lipinski definition) is 0. The molecule has 1 aromatic carbocycles. The van der Waals surface area contributed by atoms with Gasteiger partial charge in [0.05, 0.1) is 0 Å². The smallest absolute Gasteiger partial charge is 0.0891 e.